The van der Waals surface area contributed by atoms with Crippen molar-refractivity contribution in [2.24, 2.45) is 0 Å². The van der Waals surface area contributed by atoms with Gasteiger partial charge in [-0.05, 0) is 60.7 Å². The lowest BCUT2D eigenvalue weighted by molar-refractivity contribution is 0.673. The fourth-order valence-corrected chi connectivity index (χ4v) is 8.60. The molecular weight excluding hydrogens is 699 g/mol. The first kappa shape index (κ1) is 31.5. The third-order valence-corrected chi connectivity index (χ3v) is 11.2. The molecule has 0 bridgehead atoms. The largest absolute Gasteiger partial charge is 0.452 e. The Kier molecular flexibility index (Phi) is 6.83. The average Bonchev–Trinajstić information content (AvgIpc) is 3.95. The Morgan fingerprint density at radius 3 is 1.14 bits per heavy atom. The number of aromatic nitrogens is 5. The van der Waals surface area contributed by atoms with E-state index in [1.54, 1.807) is 0 Å². The maximum Gasteiger partial charge on any atom is 0.164 e. The normalized spacial score (nSPS) is 11.9. The van der Waals surface area contributed by atoms with Gasteiger partial charge in [-0.2, -0.15) is 0 Å². The number of fused-ring (bicyclic) bond motifs is 11. The van der Waals surface area contributed by atoms with Crippen molar-refractivity contribution >= 4 is 65.6 Å². The highest BCUT2D eigenvalue weighted by molar-refractivity contribution is 6.26. The minimum atomic E-state index is 0.619. The van der Waals surface area contributed by atoms with Crippen LogP contribution in [0.15, 0.2) is 192 Å². The second-order valence-corrected chi connectivity index (χ2v) is 14.4. The Morgan fingerprint density at radius 1 is 0.298 bits per heavy atom. The van der Waals surface area contributed by atoms with E-state index in [0.29, 0.717) is 17.5 Å². The summed E-state index contributed by atoms with van der Waals surface area (Å²) in [5.74, 6) is 1.89. The van der Waals surface area contributed by atoms with Crippen molar-refractivity contribution in [1.29, 1.82) is 0 Å². The minimum Gasteiger partial charge on any atom is -0.452 e. The van der Waals surface area contributed by atoms with Crippen molar-refractivity contribution in [3.05, 3.63) is 188 Å². The molecule has 4 heterocycles. The van der Waals surface area contributed by atoms with Gasteiger partial charge in [0.1, 0.15) is 0 Å². The van der Waals surface area contributed by atoms with Crippen molar-refractivity contribution in [1.82, 2.24) is 24.1 Å². The van der Waals surface area contributed by atoms with Crippen molar-refractivity contribution in [2.45, 2.75) is 0 Å². The predicted molar refractivity (Wildman–Crippen MR) is 232 cm³/mol. The number of benzene rings is 8. The van der Waals surface area contributed by atoms with E-state index < -0.39 is 0 Å². The number of furan rings is 1. The number of hydrogen-bond donors (Lipinski definition) is 0. The van der Waals surface area contributed by atoms with Crippen LogP contribution in [0.5, 0.6) is 0 Å². The van der Waals surface area contributed by atoms with Crippen LogP contribution in [0.3, 0.4) is 0 Å². The van der Waals surface area contributed by atoms with Crippen LogP contribution >= 0.6 is 0 Å². The fraction of sp³-hybridized carbons (Fsp3) is 0. The summed E-state index contributed by atoms with van der Waals surface area (Å²) in [6.07, 6.45) is 0. The summed E-state index contributed by atoms with van der Waals surface area (Å²) in [7, 11) is 0. The van der Waals surface area contributed by atoms with E-state index in [2.05, 4.69) is 137 Å². The van der Waals surface area contributed by atoms with Crippen molar-refractivity contribution in [3.8, 4) is 45.5 Å². The molecule has 0 fully saturated rings. The predicted octanol–water partition coefficient (Wildman–Crippen LogP) is 13.0. The molecule has 0 aliphatic rings. The van der Waals surface area contributed by atoms with E-state index in [-0.39, 0.29) is 0 Å². The lowest BCUT2D eigenvalue weighted by Gasteiger charge is -2.11. The Labute approximate surface area is 326 Å². The zero-order valence-corrected chi connectivity index (χ0v) is 30.5. The molecule has 0 saturated carbocycles. The Balaban J connectivity index is 1.08. The maximum atomic E-state index is 7.20. The molecule has 0 amide bonds. The number of hydrogen-bond acceptors (Lipinski definition) is 4. The molecule has 12 rings (SSSR count). The van der Waals surface area contributed by atoms with Gasteiger partial charge in [-0.25, -0.2) is 15.0 Å². The van der Waals surface area contributed by atoms with Crippen LogP contribution in [0.4, 0.5) is 0 Å². The third kappa shape index (κ3) is 4.81. The average molecular weight is 730 g/mol. The molecule has 0 aliphatic carbocycles. The summed E-state index contributed by atoms with van der Waals surface area (Å²) >= 11 is 0. The summed E-state index contributed by atoms with van der Waals surface area (Å²) in [4.78, 5) is 14.8. The van der Waals surface area contributed by atoms with Crippen LogP contribution < -0.4 is 0 Å². The van der Waals surface area contributed by atoms with Gasteiger partial charge in [-0.3, -0.25) is 0 Å². The molecule has 8 aromatic carbocycles. The van der Waals surface area contributed by atoms with Gasteiger partial charge < -0.3 is 13.6 Å². The van der Waals surface area contributed by atoms with Crippen LogP contribution in [0.2, 0.25) is 0 Å². The van der Waals surface area contributed by atoms with E-state index in [4.69, 9.17) is 19.4 Å². The quantitative estimate of drug-likeness (QED) is 0.177. The topological polar surface area (TPSA) is 61.7 Å². The molecule has 0 N–H and O–H groups in total. The van der Waals surface area contributed by atoms with Gasteiger partial charge in [0.25, 0.3) is 0 Å². The number of nitrogens with zero attached hydrogens (tertiary/aromatic N) is 5. The lowest BCUT2D eigenvalue weighted by atomic mass is 10.1. The standard InChI is InChI=1S/C51H31N5O/c1-4-14-32(15-5-1)49-52-50(33-16-6-2-7-17-33)54-51(53-49)34-24-26-36(27-25-34)56-44-23-13-11-21-38(44)40-29-31-42-41-30-28-39-37-20-10-12-22-43(37)55(35-18-8-3-9-19-35)45(39)47(41)57-48(42)46(40)56/h1-31H. The van der Waals surface area contributed by atoms with E-state index in [1.807, 2.05) is 60.7 Å². The molecule has 6 heteroatoms. The molecule has 12 aromatic rings. The highest BCUT2D eigenvalue weighted by Crippen LogP contribution is 2.44. The zero-order valence-electron chi connectivity index (χ0n) is 30.5. The first-order chi connectivity index (χ1) is 28.3. The summed E-state index contributed by atoms with van der Waals surface area (Å²) in [6.45, 7) is 0. The molecule has 0 spiro atoms. The molecule has 0 atom stereocenters. The monoisotopic (exact) mass is 729 g/mol. The fourth-order valence-electron chi connectivity index (χ4n) is 8.60. The van der Waals surface area contributed by atoms with Crippen LogP contribution in [0.25, 0.3) is 111 Å². The third-order valence-electron chi connectivity index (χ3n) is 11.2. The van der Waals surface area contributed by atoms with Gasteiger partial charge in [-0.15, -0.1) is 0 Å². The summed E-state index contributed by atoms with van der Waals surface area (Å²) in [6, 6.07) is 65.4. The molecule has 0 aliphatic heterocycles. The van der Waals surface area contributed by atoms with E-state index in [0.717, 1.165) is 82.8 Å². The molecule has 0 radical (unpaired) electrons. The van der Waals surface area contributed by atoms with Gasteiger partial charge in [0, 0.05) is 60.4 Å². The minimum absolute atomic E-state index is 0.619. The zero-order chi connectivity index (χ0) is 37.5. The van der Waals surface area contributed by atoms with Gasteiger partial charge in [0.05, 0.1) is 22.1 Å². The first-order valence-electron chi connectivity index (χ1n) is 19.1. The molecule has 6 nitrogen and oxygen atoms in total. The molecule has 0 saturated heterocycles. The van der Waals surface area contributed by atoms with Gasteiger partial charge >= 0.3 is 0 Å². The summed E-state index contributed by atoms with van der Waals surface area (Å²) in [5.41, 5.74) is 11.0. The van der Waals surface area contributed by atoms with Crippen LogP contribution in [0, 0.1) is 0 Å². The smallest absolute Gasteiger partial charge is 0.164 e. The second-order valence-electron chi connectivity index (χ2n) is 14.4. The van der Waals surface area contributed by atoms with Crippen LogP contribution in [-0.2, 0) is 0 Å². The van der Waals surface area contributed by atoms with Crippen molar-refractivity contribution < 1.29 is 4.42 Å². The van der Waals surface area contributed by atoms with E-state index in [9.17, 15) is 0 Å². The molecule has 266 valence electrons. The number of para-hydroxylation sites is 3. The van der Waals surface area contributed by atoms with Gasteiger partial charge in [0.2, 0.25) is 0 Å². The van der Waals surface area contributed by atoms with Crippen molar-refractivity contribution in [2.75, 3.05) is 0 Å². The highest BCUT2D eigenvalue weighted by atomic mass is 16.3. The SMILES string of the molecule is c1ccc(-c2nc(-c3ccccc3)nc(-c3ccc(-n4c5ccccc5c5ccc6c7ccc8c9ccccc9n(-c9ccccc9)c8c7oc6c54)cc3)n2)cc1. The molecule has 57 heavy (non-hydrogen) atoms. The second kappa shape index (κ2) is 12.3. The van der Waals surface area contributed by atoms with Gasteiger partial charge in [0.15, 0.2) is 28.6 Å². The highest BCUT2D eigenvalue weighted by Gasteiger charge is 2.23. The van der Waals surface area contributed by atoms with Crippen molar-refractivity contribution in [3.63, 3.8) is 0 Å². The maximum absolute atomic E-state index is 7.20. The van der Waals surface area contributed by atoms with E-state index >= 15 is 0 Å². The summed E-state index contributed by atoms with van der Waals surface area (Å²) in [5, 5.41) is 6.83. The molecular formula is C51H31N5O. The Hall–Kier alpha value is -7.83. The lowest BCUT2D eigenvalue weighted by Crippen LogP contribution is -2.00. The molecule has 4 aromatic heterocycles. The van der Waals surface area contributed by atoms with Crippen LogP contribution in [0.1, 0.15) is 0 Å². The number of rotatable bonds is 5. The Morgan fingerprint density at radius 2 is 0.667 bits per heavy atom. The molecule has 0 unspecified atom stereocenters. The van der Waals surface area contributed by atoms with E-state index in [1.165, 1.54) is 10.8 Å². The first-order valence-corrected chi connectivity index (χ1v) is 19.1. The Bertz CT molecular complexity index is 3430. The summed E-state index contributed by atoms with van der Waals surface area (Å²) < 4.78 is 11.9. The van der Waals surface area contributed by atoms with Crippen LogP contribution in [-0.4, -0.2) is 24.1 Å². The van der Waals surface area contributed by atoms with Gasteiger partial charge in [-0.1, -0.05) is 127 Å².